The SMILES string of the molecule is O=C1c2c3c(c4c(c2C(=O)N1CCO)CCc1ccccc1-4)-c1ccccc1CC3. The molecule has 2 aliphatic carbocycles. The molecule has 6 rings (SSSR count). The minimum absolute atomic E-state index is 0.0447. The molecule has 1 aliphatic heterocycles. The first kappa shape index (κ1) is 17.6. The standard InChI is InChI=1S/C26H21NO3/c28-14-13-27-25(29)23-19-11-9-15-5-1-3-7-17(15)21(19)22-18-8-4-2-6-16(18)10-12-20(22)24(23)26(27)30/h1-8,28H,9-14H2. The number of nitrogens with zero attached hydrogens (tertiary/aromatic N) is 1. The number of β-amino-alcohol motifs (C(OH)–C–C–N with tert-alkyl or cyclic N) is 1. The lowest BCUT2D eigenvalue weighted by Gasteiger charge is -2.30. The number of imide groups is 1. The van der Waals surface area contributed by atoms with Crippen molar-refractivity contribution in [2.45, 2.75) is 25.7 Å². The second kappa shape index (κ2) is 6.38. The van der Waals surface area contributed by atoms with Crippen molar-refractivity contribution in [3.05, 3.63) is 81.9 Å². The number of aliphatic hydroxyl groups is 1. The summed E-state index contributed by atoms with van der Waals surface area (Å²) in [6.45, 7) is -0.176. The Balaban J connectivity index is 1.75. The number of carbonyl (C=O) groups excluding carboxylic acids is 2. The summed E-state index contributed by atoms with van der Waals surface area (Å²) in [5, 5.41) is 9.43. The van der Waals surface area contributed by atoms with E-state index in [1.807, 2.05) is 12.1 Å². The molecule has 3 aromatic carbocycles. The Morgan fingerprint density at radius 2 is 1.13 bits per heavy atom. The molecule has 148 valence electrons. The van der Waals surface area contributed by atoms with Gasteiger partial charge in [0.15, 0.2) is 0 Å². The fourth-order valence-electron chi connectivity index (χ4n) is 5.57. The summed E-state index contributed by atoms with van der Waals surface area (Å²) in [5.74, 6) is -0.498. The van der Waals surface area contributed by atoms with Crippen molar-refractivity contribution in [2.24, 2.45) is 0 Å². The van der Waals surface area contributed by atoms with Gasteiger partial charge in [0.05, 0.1) is 24.3 Å². The first-order valence-electron chi connectivity index (χ1n) is 10.6. The largest absolute Gasteiger partial charge is 0.395 e. The number of aliphatic hydroxyl groups excluding tert-OH is 1. The highest BCUT2D eigenvalue weighted by Gasteiger charge is 2.43. The molecule has 0 bridgehead atoms. The molecule has 0 aromatic heterocycles. The van der Waals surface area contributed by atoms with Crippen LogP contribution in [0.15, 0.2) is 48.5 Å². The number of rotatable bonds is 2. The van der Waals surface area contributed by atoms with E-state index in [1.165, 1.54) is 27.2 Å². The van der Waals surface area contributed by atoms with Gasteiger partial charge in [-0.1, -0.05) is 48.5 Å². The second-order valence-corrected chi connectivity index (χ2v) is 8.26. The van der Waals surface area contributed by atoms with Crippen molar-refractivity contribution in [2.75, 3.05) is 13.2 Å². The minimum atomic E-state index is -0.249. The van der Waals surface area contributed by atoms with Crippen LogP contribution in [-0.4, -0.2) is 35.0 Å². The van der Waals surface area contributed by atoms with E-state index < -0.39 is 0 Å². The maximum absolute atomic E-state index is 13.3. The smallest absolute Gasteiger partial charge is 0.261 e. The molecule has 0 saturated heterocycles. The van der Waals surface area contributed by atoms with Crippen molar-refractivity contribution in [3.8, 4) is 22.3 Å². The summed E-state index contributed by atoms with van der Waals surface area (Å²) in [5.41, 5.74) is 10.3. The van der Waals surface area contributed by atoms with Gasteiger partial charge < -0.3 is 5.11 Å². The Morgan fingerprint density at radius 1 is 0.667 bits per heavy atom. The monoisotopic (exact) mass is 395 g/mol. The average molecular weight is 395 g/mol. The van der Waals surface area contributed by atoms with Crippen LogP contribution in [0, 0.1) is 0 Å². The summed E-state index contributed by atoms with van der Waals surface area (Å²) in [4.78, 5) is 27.8. The first-order chi connectivity index (χ1) is 14.7. The van der Waals surface area contributed by atoms with E-state index >= 15 is 0 Å². The molecule has 30 heavy (non-hydrogen) atoms. The fraction of sp³-hybridized carbons (Fsp3) is 0.231. The van der Waals surface area contributed by atoms with Crippen LogP contribution < -0.4 is 0 Å². The highest BCUT2D eigenvalue weighted by Crippen LogP contribution is 2.50. The van der Waals surface area contributed by atoms with Gasteiger partial charge in [-0.15, -0.1) is 0 Å². The molecule has 3 aromatic rings. The fourth-order valence-corrected chi connectivity index (χ4v) is 5.57. The van der Waals surface area contributed by atoms with E-state index in [4.69, 9.17) is 0 Å². The van der Waals surface area contributed by atoms with Crippen LogP contribution in [0.2, 0.25) is 0 Å². The summed E-state index contributed by atoms with van der Waals surface area (Å²) in [6, 6.07) is 16.8. The molecule has 0 unspecified atom stereocenters. The van der Waals surface area contributed by atoms with Crippen LogP contribution in [0.25, 0.3) is 22.3 Å². The molecule has 0 spiro atoms. The van der Waals surface area contributed by atoms with Gasteiger partial charge in [-0.05, 0) is 70.2 Å². The third-order valence-electron chi connectivity index (χ3n) is 6.81. The lowest BCUT2D eigenvalue weighted by Crippen LogP contribution is -2.32. The predicted octanol–water partition coefficient (Wildman–Crippen LogP) is 3.81. The Morgan fingerprint density at radius 3 is 1.60 bits per heavy atom. The maximum Gasteiger partial charge on any atom is 0.261 e. The van der Waals surface area contributed by atoms with Crippen molar-refractivity contribution in [3.63, 3.8) is 0 Å². The van der Waals surface area contributed by atoms with E-state index in [0.29, 0.717) is 11.1 Å². The van der Waals surface area contributed by atoms with Crippen molar-refractivity contribution < 1.29 is 14.7 Å². The van der Waals surface area contributed by atoms with Gasteiger partial charge in [-0.3, -0.25) is 14.5 Å². The lowest BCUT2D eigenvalue weighted by atomic mass is 9.72. The van der Waals surface area contributed by atoms with Crippen LogP contribution in [0.4, 0.5) is 0 Å². The van der Waals surface area contributed by atoms with Crippen LogP contribution in [0.5, 0.6) is 0 Å². The molecule has 3 aliphatic rings. The van der Waals surface area contributed by atoms with Crippen molar-refractivity contribution >= 4 is 11.8 Å². The molecular weight excluding hydrogens is 374 g/mol. The highest BCUT2D eigenvalue weighted by atomic mass is 16.3. The number of carbonyl (C=O) groups is 2. The quantitative estimate of drug-likeness (QED) is 0.672. The molecule has 1 heterocycles. The lowest BCUT2D eigenvalue weighted by molar-refractivity contribution is 0.0623. The molecule has 0 radical (unpaired) electrons. The molecule has 1 N–H and O–H groups in total. The van der Waals surface area contributed by atoms with E-state index in [0.717, 1.165) is 47.9 Å². The molecule has 0 saturated carbocycles. The van der Waals surface area contributed by atoms with Gasteiger partial charge in [0.25, 0.3) is 11.8 Å². The Labute approximate surface area is 174 Å². The molecular formula is C26H21NO3. The van der Waals surface area contributed by atoms with Crippen molar-refractivity contribution in [1.29, 1.82) is 0 Å². The van der Waals surface area contributed by atoms with E-state index in [2.05, 4.69) is 36.4 Å². The molecule has 0 fully saturated rings. The minimum Gasteiger partial charge on any atom is -0.395 e. The molecule has 0 atom stereocenters. The summed E-state index contributed by atoms with van der Waals surface area (Å²) in [7, 11) is 0. The number of fused-ring (bicyclic) bond motifs is 10. The zero-order valence-electron chi connectivity index (χ0n) is 16.6. The highest BCUT2D eigenvalue weighted by molar-refractivity contribution is 6.25. The van der Waals surface area contributed by atoms with E-state index in [1.54, 1.807) is 0 Å². The van der Waals surface area contributed by atoms with Gasteiger partial charge in [-0.2, -0.15) is 0 Å². The van der Waals surface area contributed by atoms with Crippen LogP contribution in [0.1, 0.15) is 43.0 Å². The number of hydrogen-bond acceptors (Lipinski definition) is 3. The first-order valence-corrected chi connectivity index (χ1v) is 10.6. The van der Waals surface area contributed by atoms with E-state index in [9.17, 15) is 14.7 Å². The zero-order valence-corrected chi connectivity index (χ0v) is 16.6. The number of benzene rings is 3. The average Bonchev–Trinajstić information content (AvgIpc) is 3.04. The predicted molar refractivity (Wildman–Crippen MR) is 115 cm³/mol. The molecule has 4 nitrogen and oxygen atoms in total. The Bertz CT molecular complexity index is 1160. The Kier molecular flexibility index (Phi) is 3.74. The molecule has 4 heteroatoms. The van der Waals surface area contributed by atoms with Gasteiger partial charge in [0.2, 0.25) is 0 Å². The van der Waals surface area contributed by atoms with Gasteiger partial charge in [-0.25, -0.2) is 0 Å². The summed E-state index contributed by atoms with van der Waals surface area (Å²) >= 11 is 0. The Hall–Kier alpha value is -3.24. The number of aryl methyl sites for hydroxylation is 2. The zero-order chi connectivity index (χ0) is 20.4. The van der Waals surface area contributed by atoms with Crippen LogP contribution in [-0.2, 0) is 25.7 Å². The van der Waals surface area contributed by atoms with E-state index in [-0.39, 0.29) is 25.0 Å². The van der Waals surface area contributed by atoms with Crippen LogP contribution >= 0.6 is 0 Å². The third kappa shape index (κ3) is 2.20. The number of hydrogen-bond donors (Lipinski definition) is 1. The third-order valence-corrected chi connectivity index (χ3v) is 6.81. The van der Waals surface area contributed by atoms with Gasteiger partial charge >= 0.3 is 0 Å². The summed E-state index contributed by atoms with van der Waals surface area (Å²) in [6.07, 6.45) is 3.21. The summed E-state index contributed by atoms with van der Waals surface area (Å²) < 4.78 is 0. The molecule has 2 amide bonds. The maximum atomic E-state index is 13.3. The van der Waals surface area contributed by atoms with Gasteiger partial charge in [0, 0.05) is 0 Å². The van der Waals surface area contributed by atoms with Gasteiger partial charge in [0.1, 0.15) is 0 Å². The van der Waals surface area contributed by atoms with Crippen LogP contribution in [0.3, 0.4) is 0 Å². The topological polar surface area (TPSA) is 57.6 Å². The number of amides is 2. The van der Waals surface area contributed by atoms with Crippen molar-refractivity contribution in [1.82, 2.24) is 4.90 Å². The second-order valence-electron chi connectivity index (χ2n) is 8.26. The normalized spacial score (nSPS) is 16.0.